The topological polar surface area (TPSA) is 137 Å². The maximum Gasteiger partial charge on any atom is 0.318 e. The van der Waals surface area contributed by atoms with Crippen LogP contribution < -0.4 is 9.47 Å². The summed E-state index contributed by atoms with van der Waals surface area (Å²) in [5, 5.41) is 22.8. The molecule has 1 aliphatic heterocycles. The number of non-ortho nitro benzene ring substituents is 1. The zero-order valence-corrected chi connectivity index (χ0v) is 17.4. The van der Waals surface area contributed by atoms with Crippen molar-refractivity contribution < 1.29 is 24.1 Å². The number of benzene rings is 2. The molecule has 1 aliphatic rings. The number of thioether (sulfide) groups is 1. The van der Waals surface area contributed by atoms with E-state index in [1.807, 2.05) is 0 Å². The van der Waals surface area contributed by atoms with Gasteiger partial charge in [0.2, 0.25) is 5.75 Å². The average Bonchev–Trinajstić information content (AvgIpc) is 3.02. The van der Waals surface area contributed by atoms with Gasteiger partial charge in [0.25, 0.3) is 11.6 Å². The lowest BCUT2D eigenvalue weighted by Crippen LogP contribution is -2.23. The molecule has 11 nitrogen and oxygen atoms in total. The molecule has 2 aromatic rings. The Kier molecular flexibility index (Phi) is 6.20. The predicted octanol–water partition coefficient (Wildman–Crippen LogP) is 3.84. The Morgan fingerprint density at radius 2 is 1.77 bits per heavy atom. The SMILES string of the molecule is CN=C1S/C(=C/c2ccc(Oc3ccc([N+](=O)[O-])cc3[N+](=O)[O-])c(OC)c2)C(=O)N1C. The summed E-state index contributed by atoms with van der Waals surface area (Å²) in [6.07, 6.45) is 1.67. The summed E-state index contributed by atoms with van der Waals surface area (Å²) in [5.74, 6) is 0.0634. The summed E-state index contributed by atoms with van der Waals surface area (Å²) < 4.78 is 10.9. The molecule has 1 heterocycles. The van der Waals surface area contributed by atoms with Crippen LogP contribution in [0, 0.1) is 20.2 Å². The van der Waals surface area contributed by atoms with Gasteiger partial charge >= 0.3 is 5.69 Å². The quantitative estimate of drug-likeness (QED) is 0.372. The van der Waals surface area contributed by atoms with Crippen LogP contribution in [0.25, 0.3) is 6.08 Å². The molecular weight excluding hydrogens is 428 g/mol. The zero-order valence-electron chi connectivity index (χ0n) is 16.6. The number of nitrogens with zero attached hydrogens (tertiary/aromatic N) is 4. The number of amidine groups is 1. The van der Waals surface area contributed by atoms with Crippen molar-refractivity contribution in [1.82, 2.24) is 4.90 Å². The van der Waals surface area contributed by atoms with Gasteiger partial charge in [0.15, 0.2) is 16.7 Å². The van der Waals surface area contributed by atoms with E-state index in [1.165, 1.54) is 29.8 Å². The Morgan fingerprint density at radius 1 is 1.06 bits per heavy atom. The van der Waals surface area contributed by atoms with E-state index in [-0.39, 0.29) is 23.2 Å². The normalized spacial score (nSPS) is 16.1. The van der Waals surface area contributed by atoms with Gasteiger partial charge in [-0.25, -0.2) is 0 Å². The predicted molar refractivity (Wildman–Crippen MR) is 115 cm³/mol. The molecule has 0 aromatic heterocycles. The number of likely N-dealkylation sites (N-methyl/N-ethyl adjacent to an activating group) is 1. The highest BCUT2D eigenvalue weighted by Crippen LogP contribution is 2.39. The highest BCUT2D eigenvalue weighted by atomic mass is 32.2. The van der Waals surface area contributed by atoms with Crippen molar-refractivity contribution in [2.45, 2.75) is 0 Å². The van der Waals surface area contributed by atoms with Gasteiger partial charge in [-0.3, -0.25) is 34.9 Å². The Bertz CT molecular complexity index is 1150. The molecule has 2 aromatic carbocycles. The maximum absolute atomic E-state index is 12.3. The lowest BCUT2D eigenvalue weighted by molar-refractivity contribution is -0.394. The van der Waals surface area contributed by atoms with Crippen molar-refractivity contribution in [1.29, 1.82) is 0 Å². The van der Waals surface area contributed by atoms with Crippen LogP contribution in [0.1, 0.15) is 5.56 Å². The lowest BCUT2D eigenvalue weighted by atomic mass is 10.1. The number of carbonyl (C=O) groups excluding carboxylic acids is 1. The molecule has 0 aliphatic carbocycles. The number of amides is 1. The second-order valence-corrected chi connectivity index (χ2v) is 7.17. The highest BCUT2D eigenvalue weighted by molar-refractivity contribution is 8.18. The van der Waals surface area contributed by atoms with Gasteiger partial charge in [0, 0.05) is 20.2 Å². The summed E-state index contributed by atoms with van der Waals surface area (Å²) >= 11 is 1.24. The second-order valence-electron chi connectivity index (χ2n) is 6.16. The number of nitro groups is 2. The summed E-state index contributed by atoms with van der Waals surface area (Å²) in [6, 6.07) is 7.87. The smallest absolute Gasteiger partial charge is 0.318 e. The fourth-order valence-electron chi connectivity index (χ4n) is 2.73. The molecule has 3 rings (SSSR count). The largest absolute Gasteiger partial charge is 0.493 e. The molecule has 1 fully saturated rings. The zero-order chi connectivity index (χ0) is 22.7. The lowest BCUT2D eigenvalue weighted by Gasteiger charge is -2.11. The van der Waals surface area contributed by atoms with Crippen molar-refractivity contribution >= 4 is 40.3 Å². The van der Waals surface area contributed by atoms with Crippen molar-refractivity contribution in [3.05, 3.63) is 67.1 Å². The van der Waals surface area contributed by atoms with E-state index in [2.05, 4.69) is 4.99 Å². The molecule has 0 N–H and O–H groups in total. The second kappa shape index (κ2) is 8.83. The van der Waals surface area contributed by atoms with Gasteiger partial charge in [0.05, 0.1) is 27.9 Å². The van der Waals surface area contributed by atoms with Crippen molar-refractivity contribution in [2.75, 3.05) is 21.2 Å². The molecule has 160 valence electrons. The fourth-order valence-corrected chi connectivity index (χ4v) is 3.65. The molecule has 12 heteroatoms. The van der Waals surface area contributed by atoms with Gasteiger partial charge in [-0.05, 0) is 41.6 Å². The summed E-state index contributed by atoms with van der Waals surface area (Å²) in [4.78, 5) is 39.0. The minimum atomic E-state index is -0.764. The van der Waals surface area contributed by atoms with Crippen LogP contribution in [0.3, 0.4) is 0 Å². The number of carbonyl (C=O) groups is 1. The Morgan fingerprint density at radius 3 is 2.35 bits per heavy atom. The van der Waals surface area contributed by atoms with E-state index >= 15 is 0 Å². The number of hydrogen-bond acceptors (Lipinski definition) is 9. The third-order valence-electron chi connectivity index (χ3n) is 4.25. The molecule has 0 bridgehead atoms. The number of aliphatic imine (C=N–C) groups is 1. The molecule has 0 spiro atoms. The number of rotatable bonds is 6. The minimum absolute atomic E-state index is 0.167. The standard InChI is InChI=1S/C19H16N4O7S/c1-20-19-21(2)18(24)17(31-19)9-11-4-6-15(16(8-11)29-3)30-14-7-5-12(22(25)26)10-13(14)23(27)28/h4-10H,1-3H3/b17-9+,20-19?. The fraction of sp³-hybridized carbons (Fsp3) is 0.158. The van der Waals surface area contributed by atoms with Crippen molar-refractivity contribution in [3.63, 3.8) is 0 Å². The molecule has 0 saturated carbocycles. The first kappa shape index (κ1) is 21.8. The first-order chi connectivity index (χ1) is 14.7. The van der Waals surface area contributed by atoms with E-state index < -0.39 is 21.2 Å². The average molecular weight is 444 g/mol. The molecule has 0 atom stereocenters. The molecular formula is C19H16N4O7S. The number of methoxy groups -OCH3 is 1. The minimum Gasteiger partial charge on any atom is -0.493 e. The Balaban J connectivity index is 1.93. The number of ether oxygens (including phenoxy) is 2. The Hall–Kier alpha value is -3.93. The highest BCUT2D eigenvalue weighted by Gasteiger charge is 2.29. The summed E-state index contributed by atoms with van der Waals surface area (Å²) in [5.41, 5.74) is -0.333. The van der Waals surface area contributed by atoms with E-state index in [4.69, 9.17) is 9.47 Å². The molecule has 0 unspecified atom stereocenters. The van der Waals surface area contributed by atoms with E-state index in [1.54, 1.807) is 32.3 Å². The van der Waals surface area contributed by atoms with Crippen LogP contribution in [-0.4, -0.2) is 47.0 Å². The number of nitro benzene ring substituents is 2. The van der Waals surface area contributed by atoms with Gasteiger partial charge in [-0.15, -0.1) is 0 Å². The van der Waals surface area contributed by atoms with Gasteiger partial charge < -0.3 is 9.47 Å². The van der Waals surface area contributed by atoms with Crippen LogP contribution in [-0.2, 0) is 4.79 Å². The molecule has 1 saturated heterocycles. The van der Waals surface area contributed by atoms with Crippen LogP contribution in [0.4, 0.5) is 11.4 Å². The van der Waals surface area contributed by atoms with Crippen LogP contribution in [0.2, 0.25) is 0 Å². The maximum atomic E-state index is 12.3. The van der Waals surface area contributed by atoms with Gasteiger partial charge in [-0.2, -0.15) is 0 Å². The third-order valence-corrected chi connectivity index (χ3v) is 5.40. The molecule has 1 amide bonds. The number of hydrogen-bond donors (Lipinski definition) is 0. The van der Waals surface area contributed by atoms with Gasteiger partial charge in [-0.1, -0.05) is 6.07 Å². The Labute approximate surface area is 180 Å². The first-order valence-electron chi connectivity index (χ1n) is 8.68. The van der Waals surface area contributed by atoms with E-state index in [0.717, 1.165) is 18.2 Å². The van der Waals surface area contributed by atoms with Crippen LogP contribution in [0.5, 0.6) is 17.2 Å². The van der Waals surface area contributed by atoms with Crippen LogP contribution >= 0.6 is 11.8 Å². The van der Waals surface area contributed by atoms with Crippen molar-refractivity contribution in [2.24, 2.45) is 4.99 Å². The summed E-state index contributed by atoms with van der Waals surface area (Å²) in [6.45, 7) is 0. The molecule has 31 heavy (non-hydrogen) atoms. The van der Waals surface area contributed by atoms with Crippen LogP contribution in [0.15, 0.2) is 46.3 Å². The monoisotopic (exact) mass is 444 g/mol. The molecule has 0 radical (unpaired) electrons. The van der Waals surface area contributed by atoms with Gasteiger partial charge in [0.1, 0.15) is 0 Å². The first-order valence-corrected chi connectivity index (χ1v) is 9.50. The summed E-state index contributed by atoms with van der Waals surface area (Å²) in [7, 11) is 4.63. The van der Waals surface area contributed by atoms with E-state index in [9.17, 15) is 25.0 Å². The van der Waals surface area contributed by atoms with Crippen molar-refractivity contribution in [3.8, 4) is 17.2 Å². The van der Waals surface area contributed by atoms with E-state index in [0.29, 0.717) is 15.6 Å². The third kappa shape index (κ3) is 4.48.